The summed E-state index contributed by atoms with van der Waals surface area (Å²) in [5.74, 6) is 0.961. The quantitative estimate of drug-likeness (QED) is 0.375. The summed E-state index contributed by atoms with van der Waals surface area (Å²) in [7, 11) is 2.06. The number of sulfonamides is 1. The zero-order valence-electron chi connectivity index (χ0n) is 21.5. The number of ether oxygens (including phenoxy) is 2. The number of nitrogens with zero attached hydrogens (tertiary/aromatic N) is 2. The van der Waals surface area contributed by atoms with Gasteiger partial charge in [0.1, 0.15) is 5.25 Å². The molecule has 0 aromatic rings. The summed E-state index contributed by atoms with van der Waals surface area (Å²) >= 11 is 0. The molecule has 3 aliphatic carbocycles. The van der Waals surface area contributed by atoms with Crippen molar-refractivity contribution in [2.75, 3.05) is 47.4 Å². The fourth-order valence-corrected chi connectivity index (χ4v) is 9.57. The number of rotatable bonds is 7. The molecule has 0 aromatic carbocycles. The molecule has 3 saturated carbocycles. The molecule has 3 saturated heterocycles. The van der Waals surface area contributed by atoms with Crippen molar-refractivity contribution >= 4 is 10.0 Å². The van der Waals surface area contributed by atoms with Crippen molar-refractivity contribution in [2.24, 2.45) is 17.3 Å². The van der Waals surface area contributed by atoms with Crippen LogP contribution in [0.1, 0.15) is 51.4 Å². The molecule has 1 spiro atoms. The summed E-state index contributed by atoms with van der Waals surface area (Å²) < 4.78 is 42.1. The van der Waals surface area contributed by atoms with Crippen LogP contribution < -0.4 is 20.9 Å². The third-order valence-corrected chi connectivity index (χ3v) is 12.1. The lowest BCUT2D eigenvalue weighted by atomic mass is 9.59. The van der Waals surface area contributed by atoms with E-state index in [4.69, 9.17) is 9.47 Å². The second-order valence-corrected chi connectivity index (χ2v) is 14.2. The van der Waals surface area contributed by atoms with Crippen molar-refractivity contribution in [1.82, 2.24) is 30.9 Å². The summed E-state index contributed by atoms with van der Waals surface area (Å²) in [6.07, 6.45) is 9.21. The summed E-state index contributed by atoms with van der Waals surface area (Å²) in [5, 5.41) is 7.35. The van der Waals surface area contributed by atoms with E-state index in [0.717, 1.165) is 38.8 Å². The monoisotopic (exact) mass is 512 g/mol. The van der Waals surface area contributed by atoms with Crippen molar-refractivity contribution in [1.29, 1.82) is 0 Å². The van der Waals surface area contributed by atoms with Gasteiger partial charge in [0, 0.05) is 46.9 Å². The van der Waals surface area contributed by atoms with Crippen LogP contribution >= 0.6 is 0 Å². The van der Waals surface area contributed by atoms with Crippen LogP contribution in [0.4, 0.5) is 0 Å². The Morgan fingerprint density at radius 1 is 1.06 bits per heavy atom. The molecule has 7 unspecified atom stereocenters. The Labute approximate surface area is 210 Å². The third-order valence-electron chi connectivity index (χ3n) is 10.3. The maximum Gasteiger partial charge on any atom is 0.217 e. The minimum absolute atomic E-state index is 0.0254. The highest BCUT2D eigenvalue weighted by molar-refractivity contribution is 7.90. The molecular weight excluding hydrogens is 468 g/mol. The van der Waals surface area contributed by atoms with Gasteiger partial charge in [-0.1, -0.05) is 0 Å². The largest absolute Gasteiger partial charge is 0.380 e. The third kappa shape index (κ3) is 4.38. The molecule has 6 fully saturated rings. The van der Waals surface area contributed by atoms with E-state index in [2.05, 4.69) is 30.9 Å². The average molecular weight is 513 g/mol. The Balaban J connectivity index is 1.09. The molecule has 0 aromatic heterocycles. The molecule has 0 amide bonds. The molecule has 0 bridgehead atoms. The van der Waals surface area contributed by atoms with Crippen LogP contribution in [0, 0.1) is 17.3 Å². The first-order valence-electron chi connectivity index (χ1n) is 13.6. The zero-order valence-corrected chi connectivity index (χ0v) is 22.3. The van der Waals surface area contributed by atoms with Gasteiger partial charge in [-0.2, -0.15) is 0 Å². The van der Waals surface area contributed by atoms with Crippen LogP contribution in [-0.4, -0.2) is 101 Å². The van der Waals surface area contributed by atoms with E-state index in [-0.39, 0.29) is 30.0 Å². The van der Waals surface area contributed by atoms with Crippen molar-refractivity contribution in [3.05, 3.63) is 0 Å². The van der Waals surface area contributed by atoms with Crippen molar-refractivity contribution < 1.29 is 17.9 Å². The van der Waals surface area contributed by atoms with Gasteiger partial charge in [-0.15, -0.1) is 0 Å². The summed E-state index contributed by atoms with van der Waals surface area (Å²) in [4.78, 5) is 0. The molecule has 7 atom stereocenters. The first-order chi connectivity index (χ1) is 16.8. The summed E-state index contributed by atoms with van der Waals surface area (Å²) in [6, 6.07) is -0.137. The van der Waals surface area contributed by atoms with Gasteiger partial charge in [0.15, 0.2) is 0 Å². The Bertz CT molecular complexity index is 892. The number of hydrazine groups is 2. The average Bonchev–Trinajstić information content (AvgIpc) is 3.27. The summed E-state index contributed by atoms with van der Waals surface area (Å²) in [5.41, 5.74) is 7.41. The predicted molar refractivity (Wildman–Crippen MR) is 133 cm³/mol. The number of likely N-dealkylation sites (N-methyl/N-ethyl adjacent to an activating group) is 1. The molecular formula is C24H44N6O4S. The normalized spacial score (nSPS) is 43.2. The van der Waals surface area contributed by atoms with Crippen molar-refractivity contribution in [2.45, 2.75) is 86.6 Å². The van der Waals surface area contributed by atoms with Crippen LogP contribution in [0.5, 0.6) is 0 Å². The fourth-order valence-electron chi connectivity index (χ4n) is 8.06. The first kappa shape index (κ1) is 24.9. The van der Waals surface area contributed by atoms with Gasteiger partial charge in [0.25, 0.3) is 0 Å². The Morgan fingerprint density at radius 2 is 1.86 bits per heavy atom. The smallest absolute Gasteiger partial charge is 0.217 e. The number of hydrogen-bond acceptors (Lipinski definition) is 9. The molecule has 10 nitrogen and oxygen atoms in total. The van der Waals surface area contributed by atoms with Crippen molar-refractivity contribution in [3.63, 3.8) is 0 Å². The molecule has 0 radical (unpaired) electrons. The maximum absolute atomic E-state index is 13.6. The van der Waals surface area contributed by atoms with E-state index in [1.54, 1.807) is 7.11 Å². The highest BCUT2D eigenvalue weighted by Crippen LogP contribution is 2.68. The standard InChI is InChI=1S/C24H44N6O4S/c1-29-22-16(11-26-29)4-5-19(33-2)21(22)28-35(31,32)18-12-27-30(13-18)20-10-17(6-9-25-20)24(34-3)14-23(15-24)7-8-23/h16-22,25-28H,4-15H2,1-3H3. The molecule has 6 aliphatic rings. The minimum atomic E-state index is -3.52. The minimum Gasteiger partial charge on any atom is -0.380 e. The number of piperidine rings is 1. The second-order valence-electron chi connectivity index (χ2n) is 12.2. The Hall–Kier alpha value is -0.370. The van der Waals surface area contributed by atoms with E-state index in [1.165, 1.54) is 25.7 Å². The Kier molecular flexibility index (Phi) is 6.50. The SMILES string of the molecule is COC1CCC2CNN(C)C2C1NS(=O)(=O)C1CNN(C2CC(C3(OC)CC4(CC4)C3)CCN2)C1. The molecule has 6 rings (SSSR count). The Morgan fingerprint density at radius 3 is 2.57 bits per heavy atom. The zero-order chi connectivity index (χ0) is 24.4. The number of hydrogen-bond donors (Lipinski definition) is 4. The number of fused-ring (bicyclic) bond motifs is 1. The van der Waals surface area contributed by atoms with E-state index in [1.807, 2.05) is 14.2 Å². The van der Waals surface area contributed by atoms with Gasteiger partial charge in [-0.3, -0.25) is 10.9 Å². The molecule has 3 heterocycles. The number of methoxy groups -OCH3 is 2. The van der Waals surface area contributed by atoms with Gasteiger partial charge in [-0.25, -0.2) is 23.2 Å². The lowest BCUT2D eigenvalue weighted by Gasteiger charge is -2.54. The molecule has 3 aliphatic heterocycles. The molecule has 4 N–H and O–H groups in total. The first-order valence-corrected chi connectivity index (χ1v) is 15.1. The lowest BCUT2D eigenvalue weighted by Crippen LogP contribution is -2.61. The predicted octanol–water partition coefficient (Wildman–Crippen LogP) is -0.00830. The van der Waals surface area contributed by atoms with Crippen LogP contribution in [0.3, 0.4) is 0 Å². The molecule has 35 heavy (non-hydrogen) atoms. The summed E-state index contributed by atoms with van der Waals surface area (Å²) in [6.45, 7) is 2.76. The topological polar surface area (TPSA) is 107 Å². The van der Waals surface area contributed by atoms with Gasteiger partial charge >= 0.3 is 0 Å². The van der Waals surface area contributed by atoms with Crippen LogP contribution in [0.15, 0.2) is 0 Å². The van der Waals surface area contributed by atoms with Crippen molar-refractivity contribution in [3.8, 4) is 0 Å². The molecule has 11 heteroatoms. The van der Waals surface area contributed by atoms with Crippen LogP contribution in [-0.2, 0) is 19.5 Å². The van der Waals surface area contributed by atoms with E-state index >= 15 is 0 Å². The molecule has 200 valence electrons. The van der Waals surface area contributed by atoms with E-state index in [9.17, 15) is 8.42 Å². The number of nitrogens with one attached hydrogen (secondary N) is 4. The van der Waals surface area contributed by atoms with Gasteiger partial charge < -0.3 is 14.8 Å². The second kappa shape index (κ2) is 9.13. The lowest BCUT2D eigenvalue weighted by molar-refractivity contribution is -0.166. The van der Waals surface area contributed by atoms with E-state index < -0.39 is 15.3 Å². The van der Waals surface area contributed by atoms with E-state index in [0.29, 0.717) is 30.3 Å². The van der Waals surface area contributed by atoms with Crippen LogP contribution in [0.25, 0.3) is 0 Å². The van der Waals surface area contributed by atoms with Crippen LogP contribution in [0.2, 0.25) is 0 Å². The highest BCUT2D eigenvalue weighted by Gasteiger charge is 2.64. The van der Waals surface area contributed by atoms with Gasteiger partial charge in [0.05, 0.1) is 23.9 Å². The van der Waals surface area contributed by atoms with Gasteiger partial charge in [0.2, 0.25) is 10.0 Å². The van der Waals surface area contributed by atoms with Gasteiger partial charge in [-0.05, 0) is 75.2 Å². The fraction of sp³-hybridized carbons (Fsp3) is 1.00. The maximum atomic E-state index is 13.6. The highest BCUT2D eigenvalue weighted by atomic mass is 32.2.